The van der Waals surface area contributed by atoms with Gasteiger partial charge in [-0.05, 0) is 46.7 Å². The Labute approximate surface area is 108 Å². The maximum Gasteiger partial charge on any atom is 0.242 e. The van der Waals surface area contributed by atoms with Crippen molar-refractivity contribution in [2.45, 2.75) is 46.2 Å². The largest absolute Gasteiger partial charge is 0.309 e. The molecule has 100 valence electrons. The lowest BCUT2D eigenvalue weighted by atomic mass is 10.2. The molecule has 1 unspecified atom stereocenters. The highest BCUT2D eigenvalue weighted by atomic mass is 16.2. The molecule has 5 nitrogen and oxygen atoms in total. The Kier molecular flexibility index (Phi) is 4.01. The SMILES string of the molecule is CCn1ncc(C)c1NC(=O)C(C)N1CCCC1. The lowest BCUT2D eigenvalue weighted by Crippen LogP contribution is -2.40. The average Bonchev–Trinajstić information content (AvgIpc) is 2.99. The Morgan fingerprint density at radius 3 is 2.78 bits per heavy atom. The molecule has 1 amide bonds. The molecular weight excluding hydrogens is 228 g/mol. The van der Waals surface area contributed by atoms with Gasteiger partial charge in [0.1, 0.15) is 5.82 Å². The van der Waals surface area contributed by atoms with Gasteiger partial charge in [-0.3, -0.25) is 9.69 Å². The fraction of sp³-hybridized carbons (Fsp3) is 0.692. The van der Waals surface area contributed by atoms with Crippen LogP contribution in [0.1, 0.15) is 32.3 Å². The number of anilines is 1. The van der Waals surface area contributed by atoms with Gasteiger partial charge in [0.05, 0.1) is 12.2 Å². The van der Waals surface area contributed by atoms with Crippen molar-refractivity contribution in [3.05, 3.63) is 11.8 Å². The van der Waals surface area contributed by atoms with E-state index in [2.05, 4.69) is 15.3 Å². The highest BCUT2D eigenvalue weighted by Crippen LogP contribution is 2.16. The van der Waals surface area contributed by atoms with Gasteiger partial charge in [0.15, 0.2) is 0 Å². The third-order valence-electron chi connectivity index (χ3n) is 3.63. The van der Waals surface area contributed by atoms with E-state index in [-0.39, 0.29) is 11.9 Å². The summed E-state index contributed by atoms with van der Waals surface area (Å²) in [6, 6.07) is -0.0629. The minimum absolute atomic E-state index is 0.0629. The summed E-state index contributed by atoms with van der Waals surface area (Å²) in [5.41, 5.74) is 1.01. The third kappa shape index (κ3) is 2.56. The van der Waals surface area contributed by atoms with E-state index in [4.69, 9.17) is 0 Å². The van der Waals surface area contributed by atoms with Gasteiger partial charge in [0, 0.05) is 12.1 Å². The molecule has 1 aromatic rings. The predicted molar refractivity (Wildman–Crippen MR) is 71.5 cm³/mol. The molecule has 1 atom stereocenters. The van der Waals surface area contributed by atoms with Crippen LogP contribution in [0.25, 0.3) is 0 Å². The van der Waals surface area contributed by atoms with Gasteiger partial charge in [0.25, 0.3) is 0 Å². The van der Waals surface area contributed by atoms with Crippen LogP contribution in [0.4, 0.5) is 5.82 Å². The van der Waals surface area contributed by atoms with E-state index in [1.807, 2.05) is 25.5 Å². The van der Waals surface area contributed by atoms with Crippen molar-refractivity contribution in [3.63, 3.8) is 0 Å². The average molecular weight is 250 g/mol. The maximum absolute atomic E-state index is 12.2. The molecule has 1 N–H and O–H groups in total. The molecule has 0 radical (unpaired) electrons. The van der Waals surface area contributed by atoms with Crippen LogP contribution in [-0.2, 0) is 11.3 Å². The number of hydrogen-bond acceptors (Lipinski definition) is 3. The van der Waals surface area contributed by atoms with E-state index in [1.54, 1.807) is 6.20 Å². The zero-order valence-electron chi connectivity index (χ0n) is 11.4. The Hall–Kier alpha value is -1.36. The van der Waals surface area contributed by atoms with Gasteiger partial charge in [-0.2, -0.15) is 5.10 Å². The van der Waals surface area contributed by atoms with Crippen LogP contribution in [0, 0.1) is 6.92 Å². The lowest BCUT2D eigenvalue weighted by Gasteiger charge is -2.23. The highest BCUT2D eigenvalue weighted by molar-refractivity contribution is 5.94. The fourth-order valence-corrected chi connectivity index (χ4v) is 2.40. The summed E-state index contributed by atoms with van der Waals surface area (Å²) in [6.07, 6.45) is 4.19. The molecule has 1 aliphatic rings. The van der Waals surface area contributed by atoms with Gasteiger partial charge in [-0.1, -0.05) is 0 Å². The first-order valence-electron chi connectivity index (χ1n) is 6.70. The van der Waals surface area contributed by atoms with E-state index in [0.717, 1.165) is 31.0 Å². The second-order valence-corrected chi connectivity index (χ2v) is 4.90. The van der Waals surface area contributed by atoms with E-state index in [1.165, 1.54) is 12.8 Å². The van der Waals surface area contributed by atoms with E-state index >= 15 is 0 Å². The molecule has 5 heteroatoms. The van der Waals surface area contributed by atoms with Crippen molar-refractivity contribution in [1.82, 2.24) is 14.7 Å². The van der Waals surface area contributed by atoms with E-state index < -0.39 is 0 Å². The zero-order valence-corrected chi connectivity index (χ0v) is 11.4. The number of carbonyl (C=O) groups is 1. The Bertz CT molecular complexity index is 421. The quantitative estimate of drug-likeness (QED) is 0.883. The van der Waals surface area contributed by atoms with Crippen LogP contribution in [0.2, 0.25) is 0 Å². The first-order chi connectivity index (χ1) is 8.63. The lowest BCUT2D eigenvalue weighted by molar-refractivity contribution is -0.120. The summed E-state index contributed by atoms with van der Waals surface area (Å²) < 4.78 is 1.82. The number of likely N-dealkylation sites (tertiary alicyclic amines) is 1. The van der Waals surface area contributed by atoms with Gasteiger partial charge >= 0.3 is 0 Å². The standard InChI is InChI=1S/C13H22N4O/c1-4-17-12(10(2)9-14-17)15-13(18)11(3)16-7-5-6-8-16/h9,11H,4-8H2,1-3H3,(H,15,18). The first kappa shape index (κ1) is 13.1. The molecule has 0 aromatic carbocycles. The van der Waals surface area contributed by atoms with Crippen LogP contribution in [0.15, 0.2) is 6.20 Å². The molecule has 2 heterocycles. The van der Waals surface area contributed by atoms with Crippen molar-refractivity contribution in [3.8, 4) is 0 Å². The smallest absolute Gasteiger partial charge is 0.242 e. The number of amides is 1. The van der Waals surface area contributed by atoms with Gasteiger partial charge in [-0.25, -0.2) is 4.68 Å². The summed E-state index contributed by atoms with van der Waals surface area (Å²) >= 11 is 0. The monoisotopic (exact) mass is 250 g/mol. The summed E-state index contributed by atoms with van der Waals surface area (Å²) in [4.78, 5) is 14.5. The molecular formula is C13H22N4O. The number of nitrogens with zero attached hydrogens (tertiary/aromatic N) is 3. The fourth-order valence-electron chi connectivity index (χ4n) is 2.40. The second-order valence-electron chi connectivity index (χ2n) is 4.90. The van der Waals surface area contributed by atoms with Crippen molar-refractivity contribution in [2.75, 3.05) is 18.4 Å². The maximum atomic E-state index is 12.2. The van der Waals surface area contributed by atoms with Crippen molar-refractivity contribution in [1.29, 1.82) is 0 Å². The van der Waals surface area contributed by atoms with Gasteiger partial charge < -0.3 is 5.32 Å². The topological polar surface area (TPSA) is 50.2 Å². The Balaban J connectivity index is 2.03. The molecule has 0 spiro atoms. The normalized spacial score (nSPS) is 17.9. The Morgan fingerprint density at radius 2 is 2.17 bits per heavy atom. The van der Waals surface area contributed by atoms with Crippen LogP contribution < -0.4 is 5.32 Å². The molecule has 1 aromatic heterocycles. The minimum Gasteiger partial charge on any atom is -0.309 e. The van der Waals surface area contributed by atoms with Gasteiger partial charge in [0.2, 0.25) is 5.91 Å². The van der Waals surface area contributed by atoms with Crippen LogP contribution >= 0.6 is 0 Å². The minimum atomic E-state index is -0.0629. The molecule has 18 heavy (non-hydrogen) atoms. The van der Waals surface area contributed by atoms with E-state index in [0.29, 0.717) is 0 Å². The summed E-state index contributed by atoms with van der Waals surface area (Å²) in [7, 11) is 0. The number of aromatic nitrogens is 2. The van der Waals surface area contributed by atoms with Crippen molar-refractivity contribution in [2.24, 2.45) is 0 Å². The molecule has 0 aliphatic carbocycles. The predicted octanol–water partition coefficient (Wildman–Crippen LogP) is 1.63. The summed E-state index contributed by atoms with van der Waals surface area (Å²) in [6.45, 7) is 8.78. The Morgan fingerprint density at radius 1 is 1.50 bits per heavy atom. The highest BCUT2D eigenvalue weighted by Gasteiger charge is 2.24. The number of aryl methyl sites for hydroxylation is 2. The zero-order chi connectivity index (χ0) is 13.1. The van der Waals surface area contributed by atoms with Crippen molar-refractivity contribution >= 4 is 11.7 Å². The molecule has 0 saturated carbocycles. The summed E-state index contributed by atoms with van der Waals surface area (Å²) in [5, 5.41) is 7.24. The number of nitrogens with one attached hydrogen (secondary N) is 1. The number of hydrogen-bond donors (Lipinski definition) is 1. The number of rotatable bonds is 4. The third-order valence-corrected chi connectivity index (χ3v) is 3.63. The van der Waals surface area contributed by atoms with Crippen molar-refractivity contribution < 1.29 is 4.79 Å². The molecule has 1 aliphatic heterocycles. The van der Waals surface area contributed by atoms with E-state index in [9.17, 15) is 4.79 Å². The molecule has 1 fully saturated rings. The van der Waals surface area contributed by atoms with Crippen LogP contribution in [0.3, 0.4) is 0 Å². The molecule has 2 rings (SSSR count). The van der Waals surface area contributed by atoms with Crippen LogP contribution in [-0.4, -0.2) is 39.7 Å². The first-order valence-corrected chi connectivity index (χ1v) is 6.70. The summed E-state index contributed by atoms with van der Waals surface area (Å²) in [5.74, 6) is 0.892. The molecule has 1 saturated heterocycles. The number of carbonyl (C=O) groups excluding carboxylic acids is 1. The second kappa shape index (κ2) is 5.52. The van der Waals surface area contributed by atoms with Gasteiger partial charge in [-0.15, -0.1) is 0 Å². The van der Waals surface area contributed by atoms with Crippen LogP contribution in [0.5, 0.6) is 0 Å². The molecule has 0 bridgehead atoms.